The van der Waals surface area contributed by atoms with Crippen LogP contribution < -0.4 is 4.90 Å². The Balaban J connectivity index is 2.61. The molecule has 0 saturated carbocycles. The first kappa shape index (κ1) is 14.6. The Labute approximate surface area is 110 Å². The minimum Gasteiger partial charge on any atom is -0.462 e. The Morgan fingerprint density at radius 1 is 1.11 bits per heavy atom. The quantitative estimate of drug-likeness (QED) is 0.547. The van der Waals surface area contributed by atoms with Crippen LogP contribution in [0.25, 0.3) is 0 Å². The molecule has 0 aliphatic rings. The SMILES string of the molecule is CCCCOC(=O)c1ccc(N(CC)CC)cc1. The van der Waals surface area contributed by atoms with Gasteiger partial charge in [0.05, 0.1) is 12.2 Å². The maximum Gasteiger partial charge on any atom is 0.338 e. The number of anilines is 1. The van der Waals surface area contributed by atoms with Crippen molar-refractivity contribution in [3.05, 3.63) is 29.8 Å². The van der Waals surface area contributed by atoms with Crippen LogP contribution in [0, 0.1) is 0 Å². The molecule has 1 aromatic carbocycles. The van der Waals surface area contributed by atoms with Crippen molar-refractivity contribution in [3.8, 4) is 0 Å². The number of ether oxygens (including phenoxy) is 1. The molecule has 0 amide bonds. The van der Waals surface area contributed by atoms with Crippen molar-refractivity contribution in [1.29, 1.82) is 0 Å². The van der Waals surface area contributed by atoms with Crippen molar-refractivity contribution in [2.45, 2.75) is 33.6 Å². The van der Waals surface area contributed by atoms with E-state index in [1.54, 1.807) is 0 Å². The predicted molar refractivity (Wildman–Crippen MR) is 75.2 cm³/mol. The molecule has 100 valence electrons. The molecule has 1 rings (SSSR count). The molecule has 0 heterocycles. The number of benzene rings is 1. The highest BCUT2D eigenvalue weighted by molar-refractivity contribution is 5.89. The average molecular weight is 249 g/mol. The third-order valence-corrected chi connectivity index (χ3v) is 2.96. The number of unbranched alkanes of at least 4 members (excludes halogenated alkanes) is 1. The minimum atomic E-state index is -0.227. The molecule has 0 aromatic heterocycles. The van der Waals surface area contributed by atoms with Gasteiger partial charge in [0.1, 0.15) is 0 Å². The summed E-state index contributed by atoms with van der Waals surface area (Å²) in [6.45, 7) is 8.76. The van der Waals surface area contributed by atoms with E-state index in [1.165, 1.54) is 0 Å². The van der Waals surface area contributed by atoms with E-state index in [4.69, 9.17) is 4.74 Å². The lowest BCUT2D eigenvalue weighted by Crippen LogP contribution is -2.21. The number of hydrogen-bond acceptors (Lipinski definition) is 3. The number of carbonyl (C=O) groups excluding carboxylic acids is 1. The van der Waals surface area contributed by atoms with Crippen molar-refractivity contribution in [2.24, 2.45) is 0 Å². The van der Waals surface area contributed by atoms with Crippen molar-refractivity contribution >= 4 is 11.7 Å². The standard InChI is InChI=1S/C15H23NO2/c1-4-7-12-18-15(17)13-8-10-14(11-9-13)16(5-2)6-3/h8-11H,4-7,12H2,1-3H3. The molecule has 0 bridgehead atoms. The van der Waals surface area contributed by atoms with E-state index in [0.29, 0.717) is 12.2 Å². The Bertz CT molecular complexity index is 355. The van der Waals surface area contributed by atoms with Gasteiger partial charge in [0.2, 0.25) is 0 Å². The van der Waals surface area contributed by atoms with Crippen LogP contribution in [-0.4, -0.2) is 25.7 Å². The zero-order valence-electron chi connectivity index (χ0n) is 11.6. The maximum absolute atomic E-state index is 11.7. The number of rotatable bonds is 7. The zero-order chi connectivity index (χ0) is 13.4. The smallest absolute Gasteiger partial charge is 0.338 e. The lowest BCUT2D eigenvalue weighted by molar-refractivity contribution is 0.0500. The first-order valence-corrected chi connectivity index (χ1v) is 6.75. The summed E-state index contributed by atoms with van der Waals surface area (Å²) < 4.78 is 5.17. The molecule has 0 fully saturated rings. The Morgan fingerprint density at radius 2 is 1.72 bits per heavy atom. The fourth-order valence-corrected chi connectivity index (χ4v) is 1.79. The topological polar surface area (TPSA) is 29.5 Å². The molecule has 18 heavy (non-hydrogen) atoms. The fourth-order valence-electron chi connectivity index (χ4n) is 1.79. The molecule has 3 heteroatoms. The molecule has 0 saturated heterocycles. The van der Waals surface area contributed by atoms with Gasteiger partial charge in [-0.3, -0.25) is 0 Å². The van der Waals surface area contributed by atoms with Gasteiger partial charge in [-0.2, -0.15) is 0 Å². The lowest BCUT2D eigenvalue weighted by Gasteiger charge is -2.20. The molecule has 0 unspecified atom stereocenters. The van der Waals surface area contributed by atoms with Gasteiger partial charge in [-0.15, -0.1) is 0 Å². The highest BCUT2D eigenvalue weighted by Gasteiger charge is 2.07. The van der Waals surface area contributed by atoms with Gasteiger partial charge in [0, 0.05) is 18.8 Å². The average Bonchev–Trinajstić information content (AvgIpc) is 2.41. The molecular formula is C15H23NO2. The summed E-state index contributed by atoms with van der Waals surface area (Å²) in [6.07, 6.45) is 1.96. The molecule has 0 aliphatic carbocycles. The second-order valence-electron chi connectivity index (χ2n) is 4.21. The number of carbonyl (C=O) groups is 1. The van der Waals surface area contributed by atoms with Crippen LogP contribution in [-0.2, 0) is 4.74 Å². The molecule has 0 N–H and O–H groups in total. The predicted octanol–water partition coefficient (Wildman–Crippen LogP) is 3.49. The van der Waals surface area contributed by atoms with Gasteiger partial charge in [0.15, 0.2) is 0 Å². The van der Waals surface area contributed by atoms with E-state index < -0.39 is 0 Å². The maximum atomic E-state index is 11.7. The second-order valence-corrected chi connectivity index (χ2v) is 4.21. The third kappa shape index (κ3) is 4.06. The van der Waals surface area contributed by atoms with Crippen molar-refractivity contribution in [1.82, 2.24) is 0 Å². The second kappa shape index (κ2) is 7.75. The van der Waals surface area contributed by atoms with Crippen molar-refractivity contribution < 1.29 is 9.53 Å². The van der Waals surface area contributed by atoms with Crippen molar-refractivity contribution in [3.63, 3.8) is 0 Å². The third-order valence-electron chi connectivity index (χ3n) is 2.96. The molecule has 1 aromatic rings. The highest BCUT2D eigenvalue weighted by atomic mass is 16.5. The minimum absolute atomic E-state index is 0.227. The summed E-state index contributed by atoms with van der Waals surface area (Å²) >= 11 is 0. The van der Waals surface area contributed by atoms with E-state index >= 15 is 0 Å². The molecule has 0 spiro atoms. The van der Waals surface area contributed by atoms with Crippen LogP contribution in [0.3, 0.4) is 0 Å². The molecule has 0 atom stereocenters. The Morgan fingerprint density at radius 3 is 2.22 bits per heavy atom. The summed E-state index contributed by atoms with van der Waals surface area (Å²) in [5.74, 6) is -0.227. The zero-order valence-corrected chi connectivity index (χ0v) is 11.6. The van der Waals surface area contributed by atoms with Crippen LogP contribution >= 0.6 is 0 Å². The lowest BCUT2D eigenvalue weighted by atomic mass is 10.2. The molecule has 0 aliphatic heterocycles. The van der Waals surface area contributed by atoms with E-state index in [9.17, 15) is 4.79 Å². The Kier molecular flexibility index (Phi) is 6.26. The summed E-state index contributed by atoms with van der Waals surface area (Å²) in [5.41, 5.74) is 1.77. The largest absolute Gasteiger partial charge is 0.462 e. The highest BCUT2D eigenvalue weighted by Crippen LogP contribution is 2.15. The molecule has 3 nitrogen and oxygen atoms in total. The monoisotopic (exact) mass is 249 g/mol. The summed E-state index contributed by atoms with van der Waals surface area (Å²) in [5, 5.41) is 0. The number of esters is 1. The Hall–Kier alpha value is -1.51. The normalized spacial score (nSPS) is 10.2. The van der Waals surface area contributed by atoms with Gasteiger partial charge in [-0.05, 0) is 44.5 Å². The van der Waals surface area contributed by atoms with Crippen LogP contribution in [0.2, 0.25) is 0 Å². The summed E-state index contributed by atoms with van der Waals surface area (Å²) in [7, 11) is 0. The molecular weight excluding hydrogens is 226 g/mol. The number of nitrogens with zero attached hydrogens (tertiary/aromatic N) is 1. The van der Waals surface area contributed by atoms with Crippen LogP contribution in [0.5, 0.6) is 0 Å². The van der Waals surface area contributed by atoms with Gasteiger partial charge in [-0.25, -0.2) is 4.79 Å². The van der Waals surface area contributed by atoms with Gasteiger partial charge in [-0.1, -0.05) is 13.3 Å². The summed E-state index contributed by atoms with van der Waals surface area (Å²) in [6, 6.07) is 7.62. The van der Waals surface area contributed by atoms with Crippen LogP contribution in [0.15, 0.2) is 24.3 Å². The van der Waals surface area contributed by atoms with E-state index in [1.807, 2.05) is 24.3 Å². The number of hydrogen-bond donors (Lipinski definition) is 0. The first-order valence-electron chi connectivity index (χ1n) is 6.75. The van der Waals surface area contributed by atoms with E-state index in [-0.39, 0.29) is 5.97 Å². The van der Waals surface area contributed by atoms with Crippen LogP contribution in [0.1, 0.15) is 44.0 Å². The fraction of sp³-hybridized carbons (Fsp3) is 0.533. The van der Waals surface area contributed by atoms with Gasteiger partial charge < -0.3 is 9.64 Å². The van der Waals surface area contributed by atoms with Gasteiger partial charge in [0.25, 0.3) is 0 Å². The van der Waals surface area contributed by atoms with E-state index in [0.717, 1.165) is 31.6 Å². The molecule has 0 radical (unpaired) electrons. The van der Waals surface area contributed by atoms with Crippen LogP contribution in [0.4, 0.5) is 5.69 Å². The van der Waals surface area contributed by atoms with E-state index in [2.05, 4.69) is 25.7 Å². The summed E-state index contributed by atoms with van der Waals surface area (Å²) in [4.78, 5) is 13.9. The first-order chi connectivity index (χ1) is 8.72. The van der Waals surface area contributed by atoms with Crippen molar-refractivity contribution in [2.75, 3.05) is 24.6 Å². The van der Waals surface area contributed by atoms with Gasteiger partial charge >= 0.3 is 5.97 Å².